The maximum atomic E-state index is 12.8. The van der Waals surface area contributed by atoms with Crippen molar-refractivity contribution in [3.63, 3.8) is 0 Å². The van der Waals surface area contributed by atoms with E-state index in [0.717, 1.165) is 16.8 Å². The van der Waals surface area contributed by atoms with Crippen molar-refractivity contribution < 1.29 is 22.5 Å². The third-order valence-corrected chi connectivity index (χ3v) is 6.76. The molecule has 0 aliphatic heterocycles. The molecular weight excluding hydrogens is 408 g/mol. The van der Waals surface area contributed by atoms with E-state index in [1.165, 1.54) is 30.6 Å². The van der Waals surface area contributed by atoms with Crippen LogP contribution in [0.4, 0.5) is 0 Å². The Morgan fingerprint density at radius 1 is 1.14 bits per heavy atom. The quantitative estimate of drug-likeness (QED) is 0.439. The highest BCUT2D eigenvalue weighted by Gasteiger charge is 2.30. The molecular formula is C21H23N2O4S2+. The number of benzene rings is 2. The van der Waals surface area contributed by atoms with Crippen molar-refractivity contribution in [3.8, 4) is 0 Å². The molecule has 0 saturated heterocycles. The van der Waals surface area contributed by atoms with Crippen LogP contribution in [-0.2, 0) is 32.5 Å². The highest BCUT2D eigenvalue weighted by Crippen LogP contribution is 2.13. The first-order valence-electron chi connectivity index (χ1n) is 9.04. The fraction of sp³-hybridized carbons (Fsp3) is 0.238. The van der Waals surface area contributed by atoms with Crippen LogP contribution in [0.15, 0.2) is 70.4 Å². The van der Waals surface area contributed by atoms with E-state index in [4.69, 9.17) is 4.74 Å². The molecule has 0 saturated carbocycles. The molecule has 0 amide bonds. The molecule has 0 aliphatic rings. The molecule has 152 valence electrons. The zero-order valence-electron chi connectivity index (χ0n) is 16.2. The SMILES string of the molecule is COC(=O)[C@H](Cc1csc[n+]1Cc1ccccc1)NS(=O)(=O)c1ccc(C)cc1. The van der Waals surface area contributed by atoms with Crippen LogP contribution >= 0.6 is 11.3 Å². The Kier molecular flexibility index (Phi) is 6.79. The molecule has 0 aliphatic carbocycles. The van der Waals surface area contributed by atoms with E-state index in [1.54, 1.807) is 12.1 Å². The minimum absolute atomic E-state index is 0.111. The van der Waals surface area contributed by atoms with Gasteiger partial charge in [-0.2, -0.15) is 9.29 Å². The van der Waals surface area contributed by atoms with Crippen LogP contribution in [-0.4, -0.2) is 27.5 Å². The van der Waals surface area contributed by atoms with Gasteiger partial charge in [0, 0.05) is 5.56 Å². The van der Waals surface area contributed by atoms with Gasteiger partial charge in [0.2, 0.25) is 15.5 Å². The summed E-state index contributed by atoms with van der Waals surface area (Å²) in [7, 11) is -2.61. The molecule has 2 aromatic carbocycles. The number of nitrogens with one attached hydrogen (secondary N) is 1. The molecule has 1 aromatic heterocycles. The number of carbonyl (C=O) groups is 1. The number of methoxy groups -OCH3 is 1. The molecule has 8 heteroatoms. The van der Waals surface area contributed by atoms with E-state index in [0.29, 0.717) is 6.54 Å². The number of hydrogen-bond acceptors (Lipinski definition) is 5. The van der Waals surface area contributed by atoms with Crippen LogP contribution in [0.25, 0.3) is 0 Å². The molecule has 0 bridgehead atoms. The Bertz CT molecular complexity index is 1060. The Hall–Kier alpha value is -2.55. The second-order valence-electron chi connectivity index (χ2n) is 6.68. The van der Waals surface area contributed by atoms with Gasteiger partial charge in [0.15, 0.2) is 12.2 Å². The van der Waals surface area contributed by atoms with Gasteiger partial charge in [-0.25, -0.2) is 8.42 Å². The van der Waals surface area contributed by atoms with E-state index in [-0.39, 0.29) is 11.3 Å². The van der Waals surface area contributed by atoms with Gasteiger partial charge in [0.1, 0.15) is 6.04 Å². The van der Waals surface area contributed by atoms with Gasteiger partial charge in [-0.3, -0.25) is 4.79 Å². The Balaban J connectivity index is 1.81. The lowest BCUT2D eigenvalue weighted by Crippen LogP contribution is -2.46. The summed E-state index contributed by atoms with van der Waals surface area (Å²) >= 11 is 1.50. The number of hydrogen-bond donors (Lipinski definition) is 1. The second-order valence-corrected chi connectivity index (χ2v) is 9.11. The van der Waals surface area contributed by atoms with Crippen molar-refractivity contribution >= 4 is 27.3 Å². The zero-order valence-corrected chi connectivity index (χ0v) is 17.9. The van der Waals surface area contributed by atoms with Crippen LogP contribution < -0.4 is 9.29 Å². The first-order valence-corrected chi connectivity index (χ1v) is 11.5. The van der Waals surface area contributed by atoms with Gasteiger partial charge in [0.25, 0.3) is 0 Å². The van der Waals surface area contributed by atoms with Crippen molar-refractivity contribution in [2.75, 3.05) is 7.11 Å². The van der Waals surface area contributed by atoms with E-state index in [2.05, 4.69) is 4.72 Å². The molecule has 1 heterocycles. The summed E-state index contributed by atoms with van der Waals surface area (Å²) in [4.78, 5) is 12.4. The highest BCUT2D eigenvalue weighted by atomic mass is 32.2. The first kappa shape index (κ1) is 21.2. The largest absolute Gasteiger partial charge is 0.468 e. The van der Waals surface area contributed by atoms with Gasteiger partial charge >= 0.3 is 5.97 Å². The average molecular weight is 432 g/mol. The average Bonchev–Trinajstić information content (AvgIpc) is 3.14. The lowest BCUT2D eigenvalue weighted by molar-refractivity contribution is -0.690. The molecule has 1 N–H and O–H groups in total. The third kappa shape index (κ3) is 5.50. The molecule has 0 radical (unpaired) electrons. The van der Waals surface area contributed by atoms with E-state index in [9.17, 15) is 13.2 Å². The zero-order chi connectivity index (χ0) is 20.9. The summed E-state index contributed by atoms with van der Waals surface area (Å²) < 4.78 is 34.9. The van der Waals surface area contributed by atoms with Gasteiger partial charge < -0.3 is 4.74 Å². The van der Waals surface area contributed by atoms with Crippen LogP contribution in [0.5, 0.6) is 0 Å². The third-order valence-electron chi connectivity index (χ3n) is 4.48. The van der Waals surface area contributed by atoms with Crippen molar-refractivity contribution in [1.29, 1.82) is 0 Å². The monoisotopic (exact) mass is 431 g/mol. The van der Waals surface area contributed by atoms with Gasteiger partial charge in [-0.1, -0.05) is 59.4 Å². The van der Waals surface area contributed by atoms with Gasteiger partial charge in [-0.05, 0) is 19.1 Å². The number of esters is 1. The summed E-state index contributed by atoms with van der Waals surface area (Å²) in [5.41, 5.74) is 4.87. The van der Waals surface area contributed by atoms with Crippen molar-refractivity contribution in [2.24, 2.45) is 0 Å². The van der Waals surface area contributed by atoms with Gasteiger partial charge in [0.05, 0.1) is 23.8 Å². The topological polar surface area (TPSA) is 76.3 Å². The predicted octanol–water partition coefficient (Wildman–Crippen LogP) is 2.45. The van der Waals surface area contributed by atoms with Crippen molar-refractivity contribution in [3.05, 3.63) is 82.3 Å². The first-order chi connectivity index (χ1) is 13.9. The molecule has 3 rings (SSSR count). The lowest BCUT2D eigenvalue weighted by atomic mass is 10.1. The van der Waals surface area contributed by atoms with Crippen molar-refractivity contribution in [2.45, 2.75) is 30.8 Å². The minimum atomic E-state index is -3.86. The molecule has 0 fully saturated rings. The standard InChI is InChI=1S/C21H23N2O4S2/c1-16-8-10-19(11-9-16)29(25,26)22-20(21(24)27-2)12-18-14-28-15-23(18)13-17-6-4-3-5-7-17/h3-11,14-15,20,22H,12-13H2,1-2H3/q+1/t20-/m0/s1. The van der Waals surface area contributed by atoms with Gasteiger partial charge in [-0.15, -0.1) is 0 Å². The summed E-state index contributed by atoms with van der Waals surface area (Å²) in [6.07, 6.45) is 0.189. The highest BCUT2D eigenvalue weighted by molar-refractivity contribution is 7.89. The molecule has 6 nitrogen and oxygen atoms in total. The molecule has 29 heavy (non-hydrogen) atoms. The van der Waals surface area contributed by atoms with Crippen molar-refractivity contribution in [1.82, 2.24) is 4.72 Å². The summed E-state index contributed by atoms with van der Waals surface area (Å²) in [5.74, 6) is -0.627. The summed E-state index contributed by atoms with van der Waals surface area (Å²) in [5, 5.41) is 1.92. The molecule has 3 aromatic rings. The number of ether oxygens (including phenoxy) is 1. The Morgan fingerprint density at radius 2 is 1.83 bits per heavy atom. The summed E-state index contributed by atoms with van der Waals surface area (Å²) in [6.45, 7) is 2.52. The van der Waals surface area contributed by atoms with Crippen LogP contribution in [0.1, 0.15) is 16.8 Å². The van der Waals surface area contributed by atoms with Crippen LogP contribution in [0.2, 0.25) is 0 Å². The smallest absolute Gasteiger partial charge is 0.324 e. The Morgan fingerprint density at radius 3 is 2.48 bits per heavy atom. The number of thiazole rings is 1. The second kappa shape index (κ2) is 9.30. The summed E-state index contributed by atoms with van der Waals surface area (Å²) in [6, 6.07) is 15.4. The maximum Gasteiger partial charge on any atom is 0.324 e. The van der Waals surface area contributed by atoms with E-state index >= 15 is 0 Å². The number of sulfonamides is 1. The Labute approximate surface area is 174 Å². The molecule has 0 unspecified atom stereocenters. The molecule has 1 atom stereocenters. The number of aromatic nitrogens is 1. The molecule has 0 spiro atoms. The number of carbonyl (C=O) groups excluding carboxylic acids is 1. The van der Waals surface area contributed by atoms with Crippen LogP contribution in [0, 0.1) is 6.92 Å². The fourth-order valence-corrected chi connectivity index (χ4v) is 4.89. The fourth-order valence-electron chi connectivity index (χ4n) is 2.90. The van der Waals surface area contributed by atoms with Crippen LogP contribution in [0.3, 0.4) is 0 Å². The number of rotatable bonds is 8. The maximum absolute atomic E-state index is 12.8. The predicted molar refractivity (Wildman–Crippen MR) is 111 cm³/mol. The van der Waals surface area contributed by atoms with E-state index < -0.39 is 22.0 Å². The van der Waals surface area contributed by atoms with E-state index in [1.807, 2.05) is 52.7 Å². The number of aryl methyl sites for hydroxylation is 1. The normalized spacial score (nSPS) is 12.5. The minimum Gasteiger partial charge on any atom is -0.468 e. The number of nitrogens with zero attached hydrogens (tertiary/aromatic N) is 1. The lowest BCUT2D eigenvalue weighted by Gasteiger charge is -2.15.